The summed E-state index contributed by atoms with van der Waals surface area (Å²) in [6.45, 7) is 5.98. The Kier molecular flexibility index (Phi) is 6.21. The van der Waals surface area contributed by atoms with E-state index in [1.54, 1.807) is 11.9 Å². The van der Waals surface area contributed by atoms with Gasteiger partial charge < -0.3 is 15.3 Å². The van der Waals surface area contributed by atoms with Gasteiger partial charge in [-0.1, -0.05) is 44.2 Å². The van der Waals surface area contributed by atoms with E-state index in [4.69, 9.17) is 0 Å². The fraction of sp³-hybridized carbons (Fsp3) is 0.500. The summed E-state index contributed by atoms with van der Waals surface area (Å²) in [5, 5.41) is 11.9. The summed E-state index contributed by atoms with van der Waals surface area (Å²) in [4.78, 5) is 25.0. The molecule has 0 saturated carbocycles. The lowest BCUT2D eigenvalue weighted by molar-refractivity contribution is -0.139. The molecule has 1 aromatic rings. The number of carbonyl (C=O) groups is 2. The van der Waals surface area contributed by atoms with Gasteiger partial charge in [0.1, 0.15) is 6.04 Å². The van der Waals surface area contributed by atoms with E-state index >= 15 is 0 Å². The van der Waals surface area contributed by atoms with Gasteiger partial charge in [0.05, 0.1) is 0 Å². The van der Waals surface area contributed by atoms with Crippen molar-refractivity contribution in [3.05, 3.63) is 35.9 Å². The van der Waals surface area contributed by atoms with Crippen LogP contribution >= 0.6 is 0 Å². The van der Waals surface area contributed by atoms with E-state index in [1.807, 2.05) is 51.1 Å². The van der Waals surface area contributed by atoms with Crippen LogP contribution in [0.15, 0.2) is 30.3 Å². The van der Waals surface area contributed by atoms with Crippen LogP contribution in [0.1, 0.15) is 26.3 Å². The molecule has 0 aliphatic rings. The third-order valence-corrected chi connectivity index (χ3v) is 3.77. The standard InChI is InChI=1S/C16H24N2O3/c1-11(2)12(3)18(4)16(21)17-14(15(19)20)10-13-8-6-5-7-9-13/h5-9,11-12,14H,10H2,1-4H3,(H,17,21)(H,19,20)/t12?,14-/m1/s1. The van der Waals surface area contributed by atoms with Gasteiger partial charge in [0.15, 0.2) is 0 Å². The summed E-state index contributed by atoms with van der Waals surface area (Å²) in [6, 6.07) is 8.02. The zero-order valence-corrected chi connectivity index (χ0v) is 13.0. The number of nitrogens with zero attached hydrogens (tertiary/aromatic N) is 1. The smallest absolute Gasteiger partial charge is 0.326 e. The van der Waals surface area contributed by atoms with Crippen molar-refractivity contribution in [1.82, 2.24) is 10.2 Å². The molecule has 2 N–H and O–H groups in total. The summed E-state index contributed by atoms with van der Waals surface area (Å²) < 4.78 is 0. The minimum Gasteiger partial charge on any atom is -0.480 e. The van der Waals surface area contributed by atoms with Crippen LogP contribution in [-0.4, -0.2) is 41.1 Å². The molecule has 5 heteroatoms. The molecule has 1 rings (SSSR count). The molecule has 0 radical (unpaired) electrons. The van der Waals surface area contributed by atoms with E-state index < -0.39 is 12.0 Å². The van der Waals surface area contributed by atoms with Crippen LogP contribution in [0.3, 0.4) is 0 Å². The van der Waals surface area contributed by atoms with Crippen molar-refractivity contribution in [1.29, 1.82) is 0 Å². The van der Waals surface area contributed by atoms with Crippen molar-refractivity contribution in [3.8, 4) is 0 Å². The van der Waals surface area contributed by atoms with Crippen LogP contribution < -0.4 is 5.32 Å². The molecule has 0 aliphatic carbocycles. The monoisotopic (exact) mass is 292 g/mol. The summed E-state index contributed by atoms with van der Waals surface area (Å²) in [7, 11) is 1.68. The molecular weight excluding hydrogens is 268 g/mol. The van der Waals surface area contributed by atoms with Gasteiger partial charge in [-0.25, -0.2) is 9.59 Å². The second kappa shape index (κ2) is 7.67. The highest BCUT2D eigenvalue weighted by atomic mass is 16.4. The minimum atomic E-state index is -1.03. The third-order valence-electron chi connectivity index (χ3n) is 3.77. The predicted molar refractivity (Wildman–Crippen MR) is 82.2 cm³/mol. The van der Waals surface area contributed by atoms with E-state index in [2.05, 4.69) is 5.32 Å². The minimum absolute atomic E-state index is 0.0381. The predicted octanol–water partition coefficient (Wildman–Crippen LogP) is 2.37. The summed E-state index contributed by atoms with van der Waals surface area (Å²) in [6.07, 6.45) is 0.270. The van der Waals surface area contributed by atoms with Gasteiger partial charge in [0.25, 0.3) is 0 Å². The van der Waals surface area contributed by atoms with E-state index in [-0.39, 0.29) is 18.5 Å². The first kappa shape index (κ1) is 17.0. The van der Waals surface area contributed by atoms with Gasteiger partial charge in [-0.2, -0.15) is 0 Å². The number of nitrogens with one attached hydrogen (secondary N) is 1. The quantitative estimate of drug-likeness (QED) is 0.845. The molecule has 1 unspecified atom stereocenters. The number of benzene rings is 1. The average Bonchev–Trinajstić information content (AvgIpc) is 2.45. The maximum absolute atomic E-state index is 12.1. The topological polar surface area (TPSA) is 69.6 Å². The van der Waals surface area contributed by atoms with E-state index in [1.165, 1.54) is 0 Å². The third kappa shape index (κ3) is 5.10. The first-order valence-electron chi connectivity index (χ1n) is 7.13. The van der Waals surface area contributed by atoms with Gasteiger partial charge in [-0.15, -0.1) is 0 Å². The molecule has 116 valence electrons. The molecule has 0 aliphatic heterocycles. The molecule has 0 fully saturated rings. The van der Waals surface area contributed by atoms with Crippen molar-refractivity contribution >= 4 is 12.0 Å². The van der Waals surface area contributed by atoms with Crippen molar-refractivity contribution in [2.75, 3.05) is 7.05 Å². The zero-order valence-electron chi connectivity index (χ0n) is 13.0. The van der Waals surface area contributed by atoms with Crippen LogP contribution in [-0.2, 0) is 11.2 Å². The highest BCUT2D eigenvalue weighted by Crippen LogP contribution is 2.09. The number of carbonyl (C=O) groups excluding carboxylic acids is 1. The highest BCUT2D eigenvalue weighted by molar-refractivity contribution is 5.82. The second-order valence-corrected chi connectivity index (χ2v) is 5.63. The van der Waals surface area contributed by atoms with Crippen molar-refractivity contribution in [2.45, 2.75) is 39.3 Å². The molecule has 0 spiro atoms. The zero-order chi connectivity index (χ0) is 16.0. The molecule has 0 saturated heterocycles. The fourth-order valence-corrected chi connectivity index (χ4v) is 1.93. The van der Waals surface area contributed by atoms with Crippen LogP contribution in [0.5, 0.6) is 0 Å². The van der Waals surface area contributed by atoms with Gasteiger partial charge in [-0.05, 0) is 18.4 Å². The van der Waals surface area contributed by atoms with Crippen molar-refractivity contribution in [2.24, 2.45) is 5.92 Å². The number of hydrogen-bond acceptors (Lipinski definition) is 2. The first-order chi connectivity index (χ1) is 9.82. The Hall–Kier alpha value is -2.04. The van der Waals surface area contributed by atoms with Crippen molar-refractivity contribution in [3.63, 3.8) is 0 Å². The van der Waals surface area contributed by atoms with Gasteiger partial charge in [-0.3, -0.25) is 0 Å². The number of carboxylic acid groups (broad SMARTS) is 1. The van der Waals surface area contributed by atoms with E-state index in [0.717, 1.165) is 5.56 Å². The first-order valence-corrected chi connectivity index (χ1v) is 7.13. The lowest BCUT2D eigenvalue weighted by atomic mass is 10.0. The average molecular weight is 292 g/mol. The fourth-order valence-electron chi connectivity index (χ4n) is 1.93. The Labute approximate surface area is 126 Å². The molecular formula is C16H24N2O3. The lowest BCUT2D eigenvalue weighted by Crippen LogP contribution is -2.50. The molecule has 2 atom stereocenters. The maximum Gasteiger partial charge on any atom is 0.326 e. The van der Waals surface area contributed by atoms with Gasteiger partial charge in [0, 0.05) is 19.5 Å². The number of hydrogen-bond donors (Lipinski definition) is 2. The van der Waals surface area contributed by atoms with E-state index in [0.29, 0.717) is 5.92 Å². The van der Waals surface area contributed by atoms with Crippen LogP contribution in [0.4, 0.5) is 4.79 Å². The number of amides is 2. The number of carboxylic acids is 1. The Morgan fingerprint density at radius 2 is 1.76 bits per heavy atom. The molecule has 5 nitrogen and oxygen atoms in total. The second-order valence-electron chi connectivity index (χ2n) is 5.63. The largest absolute Gasteiger partial charge is 0.480 e. The normalized spacial score (nSPS) is 13.6. The Balaban J connectivity index is 2.71. The molecule has 1 aromatic carbocycles. The van der Waals surface area contributed by atoms with E-state index in [9.17, 15) is 14.7 Å². The maximum atomic E-state index is 12.1. The summed E-state index contributed by atoms with van der Waals surface area (Å²) in [5.74, 6) is -0.726. The van der Waals surface area contributed by atoms with Crippen LogP contribution in [0.2, 0.25) is 0 Å². The van der Waals surface area contributed by atoms with Gasteiger partial charge >= 0.3 is 12.0 Å². The molecule has 21 heavy (non-hydrogen) atoms. The number of urea groups is 1. The Morgan fingerprint density at radius 1 is 1.19 bits per heavy atom. The number of aliphatic carboxylic acids is 1. The molecule has 0 aromatic heterocycles. The molecule has 0 heterocycles. The van der Waals surface area contributed by atoms with Crippen LogP contribution in [0.25, 0.3) is 0 Å². The Bertz CT molecular complexity index is 474. The summed E-state index contributed by atoms with van der Waals surface area (Å²) in [5.41, 5.74) is 0.879. The molecule has 2 amide bonds. The Morgan fingerprint density at radius 3 is 2.24 bits per heavy atom. The van der Waals surface area contributed by atoms with Crippen LogP contribution in [0, 0.1) is 5.92 Å². The summed E-state index contributed by atoms with van der Waals surface area (Å²) >= 11 is 0. The highest BCUT2D eigenvalue weighted by Gasteiger charge is 2.25. The van der Waals surface area contributed by atoms with Gasteiger partial charge in [0.2, 0.25) is 0 Å². The molecule has 0 bridgehead atoms. The lowest BCUT2D eigenvalue weighted by Gasteiger charge is -2.29. The van der Waals surface area contributed by atoms with Crippen molar-refractivity contribution < 1.29 is 14.7 Å². The number of rotatable bonds is 6. The SMILES string of the molecule is CC(C)C(C)N(C)C(=O)N[C@H](Cc1ccccc1)C(=O)O.